The Bertz CT molecular complexity index is 1410. The van der Waals surface area contributed by atoms with Crippen molar-refractivity contribution < 1.29 is 18.0 Å². The number of benzene rings is 2. The van der Waals surface area contributed by atoms with Crippen molar-refractivity contribution in [3.8, 4) is 12.1 Å². The highest BCUT2D eigenvalue weighted by molar-refractivity contribution is 5.78. The van der Waals surface area contributed by atoms with Gasteiger partial charge in [0.25, 0.3) is 0 Å². The fraction of sp³-hybridized carbons (Fsp3) is 0.174. The molecule has 0 spiro atoms. The Morgan fingerprint density at radius 2 is 1.89 bits per heavy atom. The normalized spacial score (nSPS) is 15.3. The lowest BCUT2D eigenvalue weighted by Gasteiger charge is -2.34. The van der Waals surface area contributed by atoms with Crippen molar-refractivity contribution in [2.45, 2.75) is 19.1 Å². The van der Waals surface area contributed by atoms with E-state index in [1.54, 1.807) is 31.2 Å². The number of nitrogens with one attached hydrogen (secondary N) is 1. The molecule has 1 aromatic heterocycles. The number of anilines is 3. The van der Waals surface area contributed by atoms with Gasteiger partial charge in [-0.05, 0) is 42.8 Å². The van der Waals surface area contributed by atoms with Crippen molar-refractivity contribution in [3.63, 3.8) is 0 Å². The minimum Gasteiger partial charge on any atom is -0.368 e. The molecule has 0 bridgehead atoms. The molecular formula is C23H17F3N8O. The van der Waals surface area contributed by atoms with Crippen molar-refractivity contribution in [2.24, 2.45) is 5.73 Å². The van der Waals surface area contributed by atoms with Crippen LogP contribution in [0, 0.1) is 22.7 Å². The minimum atomic E-state index is -4.58. The third-order valence-corrected chi connectivity index (χ3v) is 5.38. The highest BCUT2D eigenvalue weighted by Gasteiger charge is 2.37. The molecule has 0 aliphatic carbocycles. The summed E-state index contributed by atoms with van der Waals surface area (Å²) in [5.74, 6) is -0.535. The zero-order valence-corrected chi connectivity index (χ0v) is 18.2. The van der Waals surface area contributed by atoms with Gasteiger partial charge in [0.05, 0.1) is 35.4 Å². The van der Waals surface area contributed by atoms with Crippen molar-refractivity contribution in [1.82, 2.24) is 14.8 Å². The summed E-state index contributed by atoms with van der Waals surface area (Å²) in [6.07, 6.45) is -4.58. The van der Waals surface area contributed by atoms with Crippen molar-refractivity contribution >= 4 is 23.5 Å². The number of allylic oxidation sites excluding steroid dienone is 2. The summed E-state index contributed by atoms with van der Waals surface area (Å²) < 4.78 is 41.6. The average Bonchev–Trinajstić information content (AvgIpc) is 3.25. The van der Waals surface area contributed by atoms with Crippen LogP contribution in [-0.4, -0.2) is 27.2 Å². The number of nitrogens with two attached hydrogens (primary N) is 1. The SMILES string of the molecule is CC1=C(C#N)C(c2ccc(C#N)cc2)n2nc(NCC(N)=O)nc2N1c1cccc(C(F)(F)F)c1. The zero-order valence-electron chi connectivity index (χ0n) is 18.2. The number of fused-ring (bicyclic) bond motifs is 1. The molecule has 2 heterocycles. The summed E-state index contributed by atoms with van der Waals surface area (Å²) in [6, 6.07) is 14.5. The number of hydrogen-bond donors (Lipinski definition) is 2. The lowest BCUT2D eigenvalue weighted by Crippen LogP contribution is -2.31. The second kappa shape index (κ2) is 8.83. The number of carbonyl (C=O) groups excluding carboxylic acids is 1. The Morgan fingerprint density at radius 3 is 2.49 bits per heavy atom. The second-order valence-corrected chi connectivity index (χ2v) is 7.63. The predicted octanol–water partition coefficient (Wildman–Crippen LogP) is 3.60. The van der Waals surface area contributed by atoms with E-state index in [4.69, 9.17) is 11.0 Å². The van der Waals surface area contributed by atoms with Crippen LogP contribution in [0.3, 0.4) is 0 Å². The number of primary amides is 1. The molecular weight excluding hydrogens is 461 g/mol. The number of nitrogens with zero attached hydrogens (tertiary/aromatic N) is 6. The fourth-order valence-electron chi connectivity index (χ4n) is 3.79. The summed E-state index contributed by atoms with van der Waals surface area (Å²) in [5.41, 5.74) is 6.03. The van der Waals surface area contributed by atoms with Crippen LogP contribution in [0.5, 0.6) is 0 Å². The van der Waals surface area contributed by atoms with E-state index in [0.29, 0.717) is 16.8 Å². The van der Waals surface area contributed by atoms with Crippen LogP contribution in [0.1, 0.15) is 29.7 Å². The molecule has 1 amide bonds. The average molecular weight is 478 g/mol. The Hall–Kier alpha value is -4.84. The van der Waals surface area contributed by atoms with E-state index in [2.05, 4.69) is 21.5 Å². The lowest BCUT2D eigenvalue weighted by atomic mass is 9.95. The monoisotopic (exact) mass is 478 g/mol. The van der Waals surface area contributed by atoms with Gasteiger partial charge in [0.1, 0.15) is 6.04 Å². The maximum atomic E-state index is 13.4. The number of aromatic nitrogens is 3. The summed E-state index contributed by atoms with van der Waals surface area (Å²) in [5, 5.41) is 26.2. The van der Waals surface area contributed by atoms with E-state index >= 15 is 0 Å². The van der Waals surface area contributed by atoms with Gasteiger partial charge in [-0.2, -0.15) is 28.7 Å². The molecule has 0 radical (unpaired) electrons. The van der Waals surface area contributed by atoms with Gasteiger partial charge < -0.3 is 11.1 Å². The van der Waals surface area contributed by atoms with Gasteiger partial charge in [-0.15, -0.1) is 5.10 Å². The highest BCUT2D eigenvalue weighted by Crippen LogP contribution is 2.43. The number of alkyl halides is 3. The number of hydrogen-bond acceptors (Lipinski definition) is 7. The van der Waals surface area contributed by atoms with Crippen molar-refractivity contribution in [2.75, 3.05) is 16.8 Å². The number of halogens is 3. The number of rotatable bonds is 5. The van der Waals surface area contributed by atoms with Crippen LogP contribution in [0.15, 0.2) is 59.8 Å². The van der Waals surface area contributed by atoms with E-state index < -0.39 is 23.7 Å². The zero-order chi connectivity index (χ0) is 25.3. The van der Waals surface area contributed by atoms with Gasteiger partial charge in [0.2, 0.25) is 17.8 Å². The topological polar surface area (TPSA) is 137 Å². The first-order valence-corrected chi connectivity index (χ1v) is 10.2. The minimum absolute atomic E-state index is 0.00131. The van der Waals surface area contributed by atoms with Gasteiger partial charge in [-0.25, -0.2) is 4.68 Å². The van der Waals surface area contributed by atoms with Crippen LogP contribution in [0.25, 0.3) is 0 Å². The molecule has 1 atom stereocenters. The first-order valence-electron chi connectivity index (χ1n) is 10.2. The molecule has 3 N–H and O–H groups in total. The Kier molecular flexibility index (Phi) is 5.89. The fourth-order valence-corrected chi connectivity index (χ4v) is 3.79. The molecule has 1 aliphatic heterocycles. The molecule has 0 saturated carbocycles. The summed E-state index contributed by atoms with van der Waals surface area (Å²) >= 11 is 0. The van der Waals surface area contributed by atoms with Gasteiger partial charge in [-0.3, -0.25) is 9.69 Å². The first kappa shape index (κ1) is 23.3. The van der Waals surface area contributed by atoms with Crippen LogP contribution in [0.2, 0.25) is 0 Å². The molecule has 4 rings (SSSR count). The largest absolute Gasteiger partial charge is 0.416 e. The van der Waals surface area contributed by atoms with E-state index in [0.717, 1.165) is 12.1 Å². The van der Waals surface area contributed by atoms with Crippen LogP contribution >= 0.6 is 0 Å². The number of carbonyl (C=O) groups is 1. The van der Waals surface area contributed by atoms with Gasteiger partial charge in [0, 0.05) is 11.4 Å². The van der Waals surface area contributed by atoms with E-state index in [1.807, 2.05) is 6.07 Å². The van der Waals surface area contributed by atoms with Crippen LogP contribution in [0.4, 0.5) is 30.8 Å². The summed E-state index contributed by atoms with van der Waals surface area (Å²) in [7, 11) is 0. The lowest BCUT2D eigenvalue weighted by molar-refractivity contribution is -0.137. The molecule has 2 aromatic carbocycles. The molecule has 1 aliphatic rings. The molecule has 0 fully saturated rings. The third kappa shape index (κ3) is 4.37. The first-order chi connectivity index (χ1) is 16.6. The third-order valence-electron chi connectivity index (χ3n) is 5.38. The molecule has 0 saturated heterocycles. The molecule has 1 unspecified atom stereocenters. The standard InChI is InChI=1S/C23H17F3N8O/c1-13-18(11-28)20(15-7-5-14(10-27)6-8-15)34-22(31-21(32-34)30-12-19(29)35)33(13)17-4-2-3-16(9-17)23(24,25)26/h2-9,20H,12H2,1H3,(H2,29,35)(H,30,32). The second-order valence-electron chi connectivity index (χ2n) is 7.63. The van der Waals surface area contributed by atoms with Gasteiger partial charge >= 0.3 is 6.18 Å². The van der Waals surface area contributed by atoms with Gasteiger partial charge in [0.15, 0.2) is 0 Å². The molecule has 176 valence electrons. The van der Waals surface area contributed by atoms with Crippen LogP contribution < -0.4 is 16.0 Å². The van der Waals surface area contributed by atoms with E-state index in [1.165, 1.54) is 21.7 Å². The van der Waals surface area contributed by atoms with E-state index in [9.17, 15) is 23.2 Å². The Balaban J connectivity index is 1.92. The van der Waals surface area contributed by atoms with Gasteiger partial charge in [-0.1, -0.05) is 18.2 Å². The Labute approximate surface area is 197 Å². The highest BCUT2D eigenvalue weighted by atomic mass is 19.4. The molecule has 35 heavy (non-hydrogen) atoms. The van der Waals surface area contributed by atoms with E-state index in [-0.39, 0.29) is 29.7 Å². The summed E-state index contributed by atoms with van der Waals surface area (Å²) in [4.78, 5) is 17.0. The quantitative estimate of drug-likeness (QED) is 0.572. The number of nitriles is 2. The predicted molar refractivity (Wildman–Crippen MR) is 119 cm³/mol. The molecule has 9 nitrogen and oxygen atoms in total. The summed E-state index contributed by atoms with van der Waals surface area (Å²) in [6.45, 7) is 1.33. The molecule has 12 heteroatoms. The van der Waals surface area contributed by atoms with Crippen molar-refractivity contribution in [1.29, 1.82) is 10.5 Å². The van der Waals surface area contributed by atoms with Crippen molar-refractivity contribution in [3.05, 3.63) is 76.5 Å². The number of amides is 1. The maximum Gasteiger partial charge on any atom is 0.416 e. The molecule has 3 aromatic rings. The smallest absolute Gasteiger partial charge is 0.368 e. The maximum absolute atomic E-state index is 13.4. The Morgan fingerprint density at radius 1 is 1.17 bits per heavy atom. The van der Waals surface area contributed by atoms with Crippen LogP contribution in [-0.2, 0) is 11.0 Å².